The van der Waals surface area contributed by atoms with Crippen LogP contribution in [-0.4, -0.2) is 5.78 Å². The number of ketones is 1. The van der Waals surface area contributed by atoms with E-state index in [1.807, 2.05) is 26.2 Å². The van der Waals surface area contributed by atoms with Gasteiger partial charge in [-0.25, -0.2) is 0 Å². The summed E-state index contributed by atoms with van der Waals surface area (Å²) in [5.74, 6) is 0.119. The number of hydrogen-bond donors (Lipinski definition) is 0. The molecule has 1 nitrogen and oxygen atoms in total. The Morgan fingerprint density at radius 3 is 1.92 bits per heavy atom. The molecule has 0 unspecified atom stereocenters. The molecule has 0 saturated carbocycles. The summed E-state index contributed by atoms with van der Waals surface area (Å²) in [7, 11) is 0. The van der Waals surface area contributed by atoms with Crippen LogP contribution in [-0.2, 0) is 4.79 Å². The van der Waals surface area contributed by atoms with Crippen LogP contribution in [0.3, 0.4) is 0 Å². The van der Waals surface area contributed by atoms with Gasteiger partial charge in [-0.1, -0.05) is 20.4 Å². The summed E-state index contributed by atoms with van der Waals surface area (Å²) in [6, 6.07) is 0. The summed E-state index contributed by atoms with van der Waals surface area (Å²) in [6.45, 7) is 13.0. The first-order chi connectivity index (χ1) is 5.54. The van der Waals surface area contributed by atoms with Crippen molar-refractivity contribution in [3.8, 4) is 0 Å². The fourth-order valence-electron chi connectivity index (χ4n) is 0.272. The molecule has 0 N–H and O–H groups in total. The number of Topliss-reactive ketones (excluding diaryl/α,β-unsaturated/α-hetero) is 1. The highest BCUT2D eigenvalue weighted by Crippen LogP contribution is 2.15. The van der Waals surface area contributed by atoms with E-state index in [4.69, 9.17) is 0 Å². The quantitative estimate of drug-likeness (QED) is 0.624. The van der Waals surface area contributed by atoms with E-state index in [0.29, 0.717) is 0 Å². The lowest BCUT2D eigenvalue weighted by molar-refractivity contribution is -0.113. The Morgan fingerprint density at radius 1 is 1.25 bits per heavy atom. The molecule has 0 aromatic carbocycles. The van der Waals surface area contributed by atoms with Gasteiger partial charge in [0.1, 0.15) is 0 Å². The average molecular weight is 186 g/mol. The van der Waals surface area contributed by atoms with Gasteiger partial charge in [-0.05, 0) is 36.7 Å². The van der Waals surface area contributed by atoms with Crippen LogP contribution in [0.25, 0.3) is 0 Å². The molecule has 0 aliphatic carbocycles. The Bertz CT molecular complexity index is 180. The third-order valence-electron chi connectivity index (χ3n) is 0.992. The number of allylic oxidation sites excluding steroid dienone is 2. The summed E-state index contributed by atoms with van der Waals surface area (Å²) in [4.78, 5) is 11.6. The molecule has 0 spiro atoms. The second-order valence-corrected chi connectivity index (χ2v) is 3.35. The van der Waals surface area contributed by atoms with Crippen LogP contribution < -0.4 is 0 Å². The smallest absolute Gasteiger partial charge is 0.156 e. The molecule has 0 aromatic heterocycles. The lowest BCUT2D eigenvalue weighted by Crippen LogP contribution is -1.88. The van der Waals surface area contributed by atoms with E-state index in [-0.39, 0.29) is 5.78 Å². The van der Waals surface area contributed by atoms with Crippen molar-refractivity contribution in [1.29, 1.82) is 0 Å². The van der Waals surface area contributed by atoms with Gasteiger partial charge in [-0.15, -0.1) is 11.8 Å². The van der Waals surface area contributed by atoms with Crippen LogP contribution in [0.1, 0.15) is 34.6 Å². The average Bonchev–Trinajstić information content (AvgIpc) is 2.03. The van der Waals surface area contributed by atoms with Gasteiger partial charge in [0.25, 0.3) is 0 Å². The highest BCUT2D eigenvalue weighted by Gasteiger charge is 1.93. The maximum absolute atomic E-state index is 10.6. The van der Waals surface area contributed by atoms with Crippen LogP contribution >= 0.6 is 11.8 Å². The van der Waals surface area contributed by atoms with Gasteiger partial charge < -0.3 is 0 Å². The molecule has 0 amide bonds. The highest BCUT2D eigenvalue weighted by atomic mass is 32.2. The lowest BCUT2D eigenvalue weighted by Gasteiger charge is -1.93. The molecule has 0 rings (SSSR count). The number of thioether (sulfide) groups is 1. The summed E-state index contributed by atoms with van der Waals surface area (Å²) < 4.78 is 0. The number of carbonyl (C=O) groups is 1. The summed E-state index contributed by atoms with van der Waals surface area (Å²) in [6.07, 6.45) is 0. The second-order valence-electron chi connectivity index (χ2n) is 2.18. The van der Waals surface area contributed by atoms with Gasteiger partial charge in [0.2, 0.25) is 0 Å². The molecule has 2 heteroatoms. The largest absolute Gasteiger partial charge is 0.295 e. The first-order valence-electron chi connectivity index (χ1n) is 4.04. The van der Waals surface area contributed by atoms with Crippen molar-refractivity contribution in [2.45, 2.75) is 34.6 Å². The molecule has 0 fully saturated rings. The molecule has 0 bridgehead atoms. The fraction of sp³-hybridized carbons (Fsp3) is 0.500. The zero-order valence-electron chi connectivity index (χ0n) is 8.60. The van der Waals surface area contributed by atoms with E-state index in [0.717, 1.165) is 10.5 Å². The Morgan fingerprint density at radius 2 is 1.67 bits per heavy atom. The van der Waals surface area contributed by atoms with E-state index in [1.54, 1.807) is 13.8 Å². The maximum atomic E-state index is 10.6. The third-order valence-corrected chi connectivity index (χ3v) is 1.87. The van der Waals surface area contributed by atoms with Gasteiger partial charge >= 0.3 is 0 Å². The van der Waals surface area contributed by atoms with E-state index < -0.39 is 0 Å². The predicted molar refractivity (Wildman–Crippen MR) is 58.2 cm³/mol. The van der Waals surface area contributed by atoms with Crippen molar-refractivity contribution in [1.82, 2.24) is 0 Å². The van der Waals surface area contributed by atoms with Gasteiger partial charge in [0.05, 0.1) is 0 Å². The molecule has 0 radical (unpaired) electrons. The summed E-state index contributed by atoms with van der Waals surface area (Å²) >= 11 is 1.49. The van der Waals surface area contributed by atoms with Crippen molar-refractivity contribution in [3.63, 3.8) is 0 Å². The lowest BCUT2D eigenvalue weighted by atomic mass is 10.2. The van der Waals surface area contributed by atoms with Crippen molar-refractivity contribution < 1.29 is 4.79 Å². The minimum absolute atomic E-state index is 0.119. The van der Waals surface area contributed by atoms with Crippen LogP contribution in [0.4, 0.5) is 0 Å². The monoisotopic (exact) mass is 186 g/mol. The highest BCUT2D eigenvalue weighted by molar-refractivity contribution is 8.05. The number of hydrogen-bond acceptors (Lipinski definition) is 2. The Balaban J connectivity index is 0. The standard InChI is InChI=1S/C8H12OS.C2H6/c1-6(2)10-5-7(3)8(4)9;1-2/h5H,1H2,2-4H3;1-2H3/b7-5+;. The van der Waals surface area contributed by atoms with Crippen molar-refractivity contribution in [2.24, 2.45) is 0 Å². The van der Waals surface area contributed by atoms with E-state index >= 15 is 0 Å². The van der Waals surface area contributed by atoms with Gasteiger partial charge in [0.15, 0.2) is 5.78 Å². The zero-order chi connectivity index (χ0) is 10.1. The Labute approximate surface area is 79.9 Å². The van der Waals surface area contributed by atoms with Crippen LogP contribution in [0.5, 0.6) is 0 Å². The number of carbonyl (C=O) groups excluding carboxylic acids is 1. The molecular formula is C10H18OS. The van der Waals surface area contributed by atoms with E-state index in [9.17, 15) is 4.79 Å². The Hall–Kier alpha value is -0.500. The van der Waals surface area contributed by atoms with Crippen molar-refractivity contribution in [2.75, 3.05) is 0 Å². The zero-order valence-corrected chi connectivity index (χ0v) is 9.42. The topological polar surface area (TPSA) is 17.1 Å². The van der Waals surface area contributed by atoms with Crippen molar-refractivity contribution >= 4 is 17.5 Å². The van der Waals surface area contributed by atoms with Gasteiger partial charge in [-0.3, -0.25) is 4.79 Å². The number of rotatable bonds is 3. The van der Waals surface area contributed by atoms with Crippen molar-refractivity contribution in [3.05, 3.63) is 22.5 Å². The predicted octanol–water partition coefficient (Wildman–Crippen LogP) is 3.77. The molecule has 0 saturated heterocycles. The van der Waals surface area contributed by atoms with Crippen LogP contribution in [0.15, 0.2) is 22.5 Å². The third kappa shape index (κ3) is 9.50. The maximum Gasteiger partial charge on any atom is 0.156 e. The molecule has 0 heterocycles. The van der Waals surface area contributed by atoms with Crippen LogP contribution in [0.2, 0.25) is 0 Å². The Kier molecular flexibility index (Phi) is 10.1. The summed E-state index contributed by atoms with van der Waals surface area (Å²) in [5, 5.41) is 1.82. The first-order valence-corrected chi connectivity index (χ1v) is 4.92. The fourth-order valence-corrected chi connectivity index (χ4v) is 0.816. The molecule has 0 aliphatic rings. The molecular weight excluding hydrogens is 168 g/mol. The SMILES string of the molecule is C=C(C)S/C=C(\C)C(C)=O.CC. The van der Waals surface area contributed by atoms with Crippen LogP contribution in [0, 0.1) is 0 Å². The molecule has 70 valence electrons. The first kappa shape index (κ1) is 14.0. The minimum atomic E-state index is 0.119. The summed E-state index contributed by atoms with van der Waals surface area (Å²) in [5.41, 5.74) is 0.785. The normalized spacial score (nSPS) is 9.92. The molecule has 0 aromatic rings. The minimum Gasteiger partial charge on any atom is -0.295 e. The van der Waals surface area contributed by atoms with E-state index in [2.05, 4.69) is 6.58 Å². The molecule has 0 atom stereocenters. The van der Waals surface area contributed by atoms with Gasteiger partial charge in [0, 0.05) is 0 Å². The molecule has 0 aliphatic heterocycles. The van der Waals surface area contributed by atoms with E-state index in [1.165, 1.54) is 11.8 Å². The van der Waals surface area contributed by atoms with Gasteiger partial charge in [-0.2, -0.15) is 0 Å². The molecule has 12 heavy (non-hydrogen) atoms. The second kappa shape index (κ2) is 8.60.